The molecule has 0 saturated carbocycles. The quantitative estimate of drug-likeness (QED) is 0.0936. The second-order valence-electron chi connectivity index (χ2n) is 1.38. The second kappa shape index (κ2) is 57.8. The predicted octanol–water partition coefficient (Wildman–Crippen LogP) is -4.51. The third-order valence-electron chi connectivity index (χ3n) is 0. The van der Waals surface area contributed by atoms with Crippen LogP contribution in [0.25, 0.3) is 0 Å². The molecule has 0 fully saturated rings. The molecule has 0 aliphatic heterocycles. The zero-order valence-corrected chi connectivity index (χ0v) is 15.2. The first kappa shape index (κ1) is 63.7. The number of rotatable bonds is 0. The molecule has 0 aliphatic rings. The minimum atomic E-state index is -2.61. The van der Waals surface area contributed by atoms with Crippen molar-refractivity contribution in [3.05, 3.63) is 0 Å². The van der Waals surface area contributed by atoms with Crippen molar-refractivity contribution in [1.82, 2.24) is 0 Å². The number of hydrogen-bond acceptors (Lipinski definition) is 6. The van der Waals surface area contributed by atoms with Crippen molar-refractivity contribution in [2.24, 2.45) is 0 Å². The third kappa shape index (κ3) is 1350. The fraction of sp³-hybridized carbons (Fsp3) is 0. The van der Waals surface area contributed by atoms with E-state index in [0.717, 1.165) is 0 Å². The first-order chi connectivity index (χ1) is 10.4. The van der Waals surface area contributed by atoms with Gasteiger partial charge in [-0.3, -0.25) is 54.6 Å². The molecule has 0 saturated heterocycles. The summed E-state index contributed by atoms with van der Waals surface area (Å²) >= 11 is -15.7. The predicted molar refractivity (Wildman–Crippen MR) is 109 cm³/mol. The molecular formula is H16Na4O18S6. The molecule has 0 rings (SSSR count). The van der Waals surface area contributed by atoms with Gasteiger partial charge in [-0.05, 0) is 0 Å². The minimum absolute atomic E-state index is 0. The zero-order valence-electron chi connectivity index (χ0n) is 10.3. The molecule has 0 amide bonds. The molecule has 0 spiro atoms. The normalized spacial score (nSPS) is 7.50. The fourth-order valence-electron chi connectivity index (χ4n) is 0. The van der Waals surface area contributed by atoms with Crippen LogP contribution in [0.1, 0.15) is 0 Å². The Kier molecular flexibility index (Phi) is 132. The van der Waals surface area contributed by atoms with Crippen LogP contribution < -0.4 is 0 Å². The maximum atomic E-state index is 8.67. The van der Waals surface area contributed by atoms with E-state index in [1.54, 1.807) is 0 Å². The summed E-state index contributed by atoms with van der Waals surface area (Å²) < 4.78 is 137. The average molecular weight is 588 g/mol. The molecule has 12 N–H and O–H groups in total. The van der Waals surface area contributed by atoms with Crippen molar-refractivity contribution in [2.75, 3.05) is 0 Å². The van der Waals surface area contributed by atoms with Crippen LogP contribution in [0.5, 0.6) is 0 Å². The van der Waals surface area contributed by atoms with Gasteiger partial charge in [-0.15, -0.1) is 0 Å². The van der Waals surface area contributed by atoms with Crippen LogP contribution in [-0.2, 0) is 68.2 Å². The van der Waals surface area contributed by atoms with Gasteiger partial charge in [0.2, 0.25) is 0 Å². The SMILES string of the molecule is O=S(O)O.O=S(O)O.O=S(O)O.O=S(O)O.O=S(O)O.O=S(O)O.[NaH].[NaH].[NaH].[NaH]. The molecule has 28 heteroatoms. The Morgan fingerprint density at radius 1 is 0.250 bits per heavy atom. The monoisotopic (exact) mass is 588 g/mol. The summed E-state index contributed by atoms with van der Waals surface area (Å²) in [5.41, 5.74) is 0. The molecule has 0 atom stereocenters. The van der Waals surface area contributed by atoms with Crippen molar-refractivity contribution >= 4 is 186 Å². The van der Waals surface area contributed by atoms with Crippen molar-refractivity contribution in [3.8, 4) is 0 Å². The molecule has 0 radical (unpaired) electrons. The Labute approximate surface area is 261 Å². The van der Waals surface area contributed by atoms with Crippen molar-refractivity contribution in [3.63, 3.8) is 0 Å². The van der Waals surface area contributed by atoms with E-state index in [1.807, 2.05) is 0 Å². The molecular weight excluding hydrogens is 572 g/mol. The Balaban J connectivity index is -0.0000000169. The molecule has 0 aromatic carbocycles. The molecule has 0 unspecified atom stereocenters. The summed E-state index contributed by atoms with van der Waals surface area (Å²) in [5, 5.41) is 0. The standard InChI is InChI=1S/4Na.6H2O3S.4H/c;;;;6*1-4(2)3;;;;/h;;;;6*(H2,1,2,3);;;;. The second-order valence-corrected chi connectivity index (χ2v) is 4.15. The Morgan fingerprint density at radius 2 is 0.250 bits per heavy atom. The molecule has 28 heavy (non-hydrogen) atoms. The molecule has 164 valence electrons. The summed E-state index contributed by atoms with van der Waals surface area (Å²) in [5.74, 6) is 0. The van der Waals surface area contributed by atoms with Crippen molar-refractivity contribution < 1.29 is 79.9 Å². The van der Waals surface area contributed by atoms with Crippen LogP contribution >= 0.6 is 0 Å². The van der Waals surface area contributed by atoms with E-state index < -0.39 is 68.2 Å². The summed E-state index contributed by atoms with van der Waals surface area (Å²) in [6.07, 6.45) is 0. The summed E-state index contributed by atoms with van der Waals surface area (Å²) in [4.78, 5) is 0. The molecule has 0 aromatic rings. The summed E-state index contributed by atoms with van der Waals surface area (Å²) in [6, 6.07) is 0. The van der Waals surface area contributed by atoms with Crippen molar-refractivity contribution in [1.29, 1.82) is 0 Å². The fourth-order valence-corrected chi connectivity index (χ4v) is 0. The molecule has 18 nitrogen and oxygen atoms in total. The van der Waals surface area contributed by atoms with Crippen LogP contribution in [0.4, 0.5) is 0 Å². The van der Waals surface area contributed by atoms with Gasteiger partial charge in [-0.1, -0.05) is 0 Å². The molecule has 0 bridgehead atoms. The van der Waals surface area contributed by atoms with Gasteiger partial charge in [0.25, 0.3) is 68.2 Å². The van der Waals surface area contributed by atoms with E-state index >= 15 is 0 Å². The van der Waals surface area contributed by atoms with Gasteiger partial charge in [0, 0.05) is 0 Å². The molecule has 0 heterocycles. The Bertz CT molecular complexity index is 267. The van der Waals surface area contributed by atoms with Crippen LogP contribution in [0.15, 0.2) is 0 Å². The van der Waals surface area contributed by atoms with Gasteiger partial charge in [-0.2, -0.15) is 25.3 Å². The van der Waals surface area contributed by atoms with Gasteiger partial charge < -0.3 is 0 Å². The zero-order chi connectivity index (χ0) is 21.5. The summed E-state index contributed by atoms with van der Waals surface area (Å²) in [7, 11) is 0. The first-order valence-electron chi connectivity index (χ1n) is 3.19. The summed E-state index contributed by atoms with van der Waals surface area (Å²) in [6.45, 7) is 0. The number of hydrogen-bond donors (Lipinski definition) is 12. The van der Waals surface area contributed by atoms with E-state index in [1.165, 1.54) is 0 Å². The van der Waals surface area contributed by atoms with E-state index in [-0.39, 0.29) is 118 Å². The first-order valence-corrected chi connectivity index (χ1v) is 9.57. The van der Waals surface area contributed by atoms with E-state index in [0.29, 0.717) is 0 Å². The van der Waals surface area contributed by atoms with Crippen LogP contribution in [0, 0.1) is 0 Å². The van der Waals surface area contributed by atoms with E-state index in [9.17, 15) is 0 Å². The van der Waals surface area contributed by atoms with Crippen LogP contribution in [0.2, 0.25) is 0 Å². The van der Waals surface area contributed by atoms with Gasteiger partial charge in [0.05, 0.1) is 0 Å². The third-order valence-corrected chi connectivity index (χ3v) is 0. The van der Waals surface area contributed by atoms with E-state index in [4.69, 9.17) is 79.9 Å². The van der Waals surface area contributed by atoms with Crippen molar-refractivity contribution in [2.45, 2.75) is 0 Å². The van der Waals surface area contributed by atoms with Gasteiger partial charge in [0.15, 0.2) is 0 Å². The van der Waals surface area contributed by atoms with Gasteiger partial charge in [-0.25, -0.2) is 0 Å². The topological polar surface area (TPSA) is 345 Å². The van der Waals surface area contributed by atoms with Gasteiger partial charge >= 0.3 is 118 Å². The van der Waals surface area contributed by atoms with Gasteiger partial charge in [0.1, 0.15) is 0 Å². The Hall–Kier alpha value is 4.42. The van der Waals surface area contributed by atoms with Crippen LogP contribution in [-0.4, -0.2) is 198 Å². The van der Waals surface area contributed by atoms with E-state index in [2.05, 4.69) is 0 Å². The Morgan fingerprint density at radius 3 is 0.250 bits per heavy atom. The molecule has 0 aromatic heterocycles. The average Bonchev–Trinajstić information content (AvgIpc) is 2.08. The van der Waals surface area contributed by atoms with Crippen LogP contribution in [0.3, 0.4) is 0 Å². The molecule has 0 aliphatic carbocycles. The maximum absolute atomic E-state index is 8.67.